The van der Waals surface area contributed by atoms with Crippen LogP contribution in [-0.4, -0.2) is 110 Å². The van der Waals surface area contributed by atoms with Crippen molar-refractivity contribution in [2.45, 2.75) is 409 Å². The predicted octanol–water partition coefficient (Wildman–Crippen LogP) is 17.2. The van der Waals surface area contributed by atoms with Gasteiger partial charge in [0, 0.05) is 0 Å². The first-order chi connectivity index (χ1) is 40.2. The minimum atomic E-state index is -1.67. The van der Waals surface area contributed by atoms with E-state index in [4.69, 9.17) is 9.47 Å². The largest absolute Gasteiger partial charge is 0.394 e. The molecule has 0 saturated carbocycles. The van der Waals surface area contributed by atoms with Crippen LogP contribution >= 0.6 is 0 Å². The van der Waals surface area contributed by atoms with Gasteiger partial charge in [-0.3, -0.25) is 4.79 Å². The Balaban J connectivity index is 2.15. The number of allylic oxidation sites excluding steroid dienone is 4. The third kappa shape index (κ3) is 46.8. The van der Waals surface area contributed by atoms with Gasteiger partial charge in [-0.2, -0.15) is 0 Å². The van der Waals surface area contributed by atoms with Crippen LogP contribution in [0.3, 0.4) is 0 Å². The number of hydrogen-bond donors (Lipinski definition) is 8. The highest BCUT2D eigenvalue weighted by atomic mass is 16.7. The highest BCUT2D eigenvalue weighted by Crippen LogP contribution is 2.24. The number of amides is 1. The van der Waals surface area contributed by atoms with Gasteiger partial charge in [0.2, 0.25) is 5.91 Å². The number of hydrogen-bond acceptors (Lipinski definition) is 10. The fourth-order valence-electron chi connectivity index (χ4n) is 11.7. The molecule has 1 aliphatic heterocycles. The molecule has 0 spiro atoms. The molecular weight excluding hydrogens is 1030 g/mol. The number of unbranched alkanes of at least 4 members (excludes halogenated alkanes) is 47. The molecule has 1 aliphatic rings. The van der Waals surface area contributed by atoms with Crippen LogP contribution in [0.2, 0.25) is 0 Å². The van der Waals surface area contributed by atoms with E-state index in [9.17, 15) is 40.5 Å². The second kappa shape index (κ2) is 59.9. The number of rotatable bonds is 63. The number of carbonyl (C=O) groups is 1. The van der Waals surface area contributed by atoms with Gasteiger partial charge in [-0.25, -0.2) is 0 Å². The van der Waals surface area contributed by atoms with E-state index in [1.807, 2.05) is 0 Å². The monoisotopic (exact) mass is 1160 g/mol. The molecule has 1 heterocycles. The van der Waals surface area contributed by atoms with Crippen LogP contribution in [0.4, 0.5) is 0 Å². The van der Waals surface area contributed by atoms with Crippen molar-refractivity contribution in [3.05, 3.63) is 24.3 Å². The summed E-state index contributed by atoms with van der Waals surface area (Å²) in [6.45, 7) is 3.50. The molecular formula is C71H137NO10. The fraction of sp³-hybridized carbons (Fsp3) is 0.930. The van der Waals surface area contributed by atoms with E-state index < -0.39 is 74.2 Å². The molecule has 1 saturated heterocycles. The van der Waals surface area contributed by atoms with Crippen molar-refractivity contribution in [2.75, 3.05) is 13.2 Å². The van der Waals surface area contributed by atoms with E-state index in [0.29, 0.717) is 12.8 Å². The van der Waals surface area contributed by atoms with Gasteiger partial charge in [0.15, 0.2) is 6.29 Å². The summed E-state index contributed by atoms with van der Waals surface area (Å²) in [5.41, 5.74) is 0. The maximum Gasteiger partial charge on any atom is 0.249 e. The fourth-order valence-corrected chi connectivity index (χ4v) is 11.7. The van der Waals surface area contributed by atoms with Crippen LogP contribution in [0.1, 0.15) is 354 Å². The van der Waals surface area contributed by atoms with E-state index in [1.165, 1.54) is 276 Å². The lowest BCUT2D eigenvalue weighted by Gasteiger charge is -2.40. The Bertz CT molecular complexity index is 1380. The summed E-state index contributed by atoms with van der Waals surface area (Å²) in [5, 5.41) is 76.4. The number of nitrogens with one attached hydrogen (secondary N) is 1. The summed E-state index contributed by atoms with van der Waals surface area (Å²) in [6, 6.07) is -1.18. The number of ether oxygens (including phenoxy) is 2. The molecule has 0 aromatic heterocycles. The second-order valence-electron chi connectivity index (χ2n) is 25.3. The van der Waals surface area contributed by atoms with E-state index >= 15 is 0 Å². The zero-order valence-corrected chi connectivity index (χ0v) is 53.8. The summed E-state index contributed by atoms with van der Waals surface area (Å²) >= 11 is 0. The lowest BCUT2D eigenvalue weighted by molar-refractivity contribution is -0.303. The molecule has 11 nitrogen and oxygen atoms in total. The van der Waals surface area contributed by atoms with Crippen molar-refractivity contribution in [1.29, 1.82) is 0 Å². The van der Waals surface area contributed by atoms with Crippen LogP contribution in [-0.2, 0) is 14.3 Å². The van der Waals surface area contributed by atoms with Gasteiger partial charge < -0.3 is 50.5 Å². The van der Waals surface area contributed by atoms with Crippen molar-refractivity contribution < 1.29 is 50.0 Å². The van der Waals surface area contributed by atoms with Crippen LogP contribution in [0, 0.1) is 0 Å². The van der Waals surface area contributed by atoms with E-state index in [0.717, 1.165) is 38.5 Å². The van der Waals surface area contributed by atoms with Crippen molar-refractivity contribution >= 4 is 5.91 Å². The third-order valence-corrected chi connectivity index (χ3v) is 17.5. The molecule has 1 rings (SSSR count). The van der Waals surface area contributed by atoms with Gasteiger partial charge in [0.25, 0.3) is 0 Å². The molecule has 9 atom stereocenters. The lowest BCUT2D eigenvalue weighted by Crippen LogP contribution is -2.60. The third-order valence-electron chi connectivity index (χ3n) is 17.5. The minimum absolute atomic E-state index is 0.257. The highest BCUT2D eigenvalue weighted by molar-refractivity contribution is 5.80. The van der Waals surface area contributed by atoms with Gasteiger partial charge in [0.05, 0.1) is 25.4 Å². The zero-order valence-electron chi connectivity index (χ0n) is 53.8. The van der Waals surface area contributed by atoms with E-state index in [1.54, 1.807) is 0 Å². The molecule has 0 aromatic rings. The molecule has 9 unspecified atom stereocenters. The van der Waals surface area contributed by atoms with Crippen molar-refractivity contribution in [2.24, 2.45) is 0 Å². The standard InChI is InChI=1S/C71H137NO10/c1-3-5-7-9-11-13-15-17-19-21-23-24-25-26-27-28-29-30-31-32-33-34-35-36-37-38-39-41-43-45-47-49-51-53-55-57-59-64(75)70(80)72-62(61-81-71-69(79)68(78)67(77)65(60-73)82-71)66(76)63(74)58-56-54-52-50-48-46-44-42-40-22-20-18-16-14-12-10-8-6-4-2/h30-31,50,52,62-69,71,73-79H,3-29,32-49,51,53-61H2,1-2H3,(H,72,80)/b31-30-,52-50+. The van der Waals surface area contributed by atoms with Crippen LogP contribution in [0.15, 0.2) is 24.3 Å². The van der Waals surface area contributed by atoms with Gasteiger partial charge in [-0.1, -0.05) is 314 Å². The number of carbonyl (C=O) groups excluding carboxylic acids is 1. The quantitative estimate of drug-likeness (QED) is 0.0215. The topological polar surface area (TPSA) is 189 Å². The van der Waals surface area contributed by atoms with Gasteiger partial charge in [-0.15, -0.1) is 0 Å². The second-order valence-corrected chi connectivity index (χ2v) is 25.3. The van der Waals surface area contributed by atoms with Gasteiger partial charge >= 0.3 is 0 Å². The summed E-state index contributed by atoms with van der Waals surface area (Å²) in [6.07, 6.45) is 64.2. The van der Waals surface area contributed by atoms with E-state index in [-0.39, 0.29) is 12.8 Å². The first-order valence-electron chi connectivity index (χ1n) is 35.7. The summed E-state index contributed by atoms with van der Waals surface area (Å²) in [7, 11) is 0. The molecule has 8 N–H and O–H groups in total. The summed E-state index contributed by atoms with van der Waals surface area (Å²) in [5.74, 6) is -0.700. The molecule has 11 heteroatoms. The lowest BCUT2D eigenvalue weighted by atomic mass is 9.98. The molecule has 82 heavy (non-hydrogen) atoms. The number of aliphatic hydroxyl groups excluding tert-OH is 7. The Labute approximate surface area is 505 Å². The Morgan fingerprint density at radius 1 is 0.415 bits per heavy atom. The van der Waals surface area contributed by atoms with Crippen LogP contribution in [0.5, 0.6) is 0 Å². The minimum Gasteiger partial charge on any atom is -0.394 e. The SMILES string of the molecule is CCCCCCCCCCCCCCCC/C=C/CCCC(O)C(O)C(COC1OC(CO)C(O)C(O)C1O)NC(=O)C(O)CCCCCCCCCCCCCCCCCC/C=C\CCCCCCCCCCCCCCCCCC. The van der Waals surface area contributed by atoms with Crippen LogP contribution in [0.25, 0.3) is 0 Å². The molecule has 0 bridgehead atoms. The molecule has 486 valence electrons. The average Bonchev–Trinajstić information content (AvgIpc) is 3.53. The van der Waals surface area contributed by atoms with Gasteiger partial charge in [0.1, 0.15) is 36.6 Å². The maximum absolute atomic E-state index is 13.2. The molecule has 0 aromatic carbocycles. The van der Waals surface area contributed by atoms with E-state index in [2.05, 4.69) is 43.5 Å². The Hall–Kier alpha value is -1.41. The summed E-state index contributed by atoms with van der Waals surface area (Å²) in [4.78, 5) is 13.2. The first-order valence-corrected chi connectivity index (χ1v) is 35.7. The van der Waals surface area contributed by atoms with Gasteiger partial charge in [-0.05, 0) is 64.2 Å². The Kier molecular flexibility index (Phi) is 57.4. The molecule has 1 fully saturated rings. The highest BCUT2D eigenvalue weighted by Gasteiger charge is 2.44. The van der Waals surface area contributed by atoms with Crippen molar-refractivity contribution in [1.82, 2.24) is 5.32 Å². The average molecular weight is 1160 g/mol. The van der Waals surface area contributed by atoms with Crippen LogP contribution < -0.4 is 5.32 Å². The number of aliphatic hydroxyl groups is 7. The van der Waals surface area contributed by atoms with Crippen molar-refractivity contribution in [3.8, 4) is 0 Å². The Morgan fingerprint density at radius 3 is 1.05 bits per heavy atom. The normalized spacial score (nSPS) is 19.2. The summed E-state index contributed by atoms with van der Waals surface area (Å²) < 4.78 is 11.2. The molecule has 1 amide bonds. The smallest absolute Gasteiger partial charge is 0.249 e. The zero-order chi connectivity index (χ0) is 59.6. The maximum atomic E-state index is 13.2. The first kappa shape index (κ1) is 78.6. The predicted molar refractivity (Wildman–Crippen MR) is 344 cm³/mol. The molecule has 0 aliphatic carbocycles. The van der Waals surface area contributed by atoms with Crippen molar-refractivity contribution in [3.63, 3.8) is 0 Å². The molecule has 0 radical (unpaired) electrons. The Morgan fingerprint density at radius 2 is 0.720 bits per heavy atom.